The fourth-order valence-electron chi connectivity index (χ4n) is 2.56. The molecule has 0 radical (unpaired) electrons. The van der Waals surface area contributed by atoms with Gasteiger partial charge in [0.25, 0.3) is 0 Å². The summed E-state index contributed by atoms with van der Waals surface area (Å²) in [4.78, 5) is 9.41. The largest absolute Gasteiger partial charge is 0.378 e. The third-order valence-electron chi connectivity index (χ3n) is 3.88. The minimum atomic E-state index is -0.0707. The highest BCUT2D eigenvalue weighted by molar-refractivity contribution is 5.57. The normalized spacial score (nSPS) is 23.0. The van der Waals surface area contributed by atoms with Gasteiger partial charge in [-0.05, 0) is 26.7 Å². The first kappa shape index (κ1) is 16.0. The molecule has 0 amide bonds. The number of aromatic nitrogens is 2. The molecule has 2 heterocycles. The molecule has 118 valence electrons. The maximum atomic E-state index is 5.61. The van der Waals surface area contributed by atoms with E-state index in [4.69, 9.17) is 9.72 Å². The van der Waals surface area contributed by atoms with Gasteiger partial charge >= 0.3 is 0 Å². The number of hydrogen-bond acceptors (Lipinski definition) is 5. The van der Waals surface area contributed by atoms with Crippen molar-refractivity contribution >= 4 is 11.6 Å². The van der Waals surface area contributed by atoms with Crippen LogP contribution in [0.3, 0.4) is 0 Å². The first-order chi connectivity index (χ1) is 9.81. The Kier molecular flexibility index (Phi) is 4.71. The number of anilines is 2. The maximum absolute atomic E-state index is 5.61. The van der Waals surface area contributed by atoms with Crippen LogP contribution in [0.1, 0.15) is 51.9 Å². The van der Waals surface area contributed by atoms with E-state index >= 15 is 0 Å². The monoisotopic (exact) mass is 292 g/mol. The molecule has 21 heavy (non-hydrogen) atoms. The maximum Gasteiger partial charge on any atom is 0.138 e. The zero-order valence-corrected chi connectivity index (χ0v) is 14.1. The van der Waals surface area contributed by atoms with E-state index in [0.29, 0.717) is 12.1 Å². The van der Waals surface area contributed by atoms with Gasteiger partial charge in [-0.15, -0.1) is 0 Å². The Morgan fingerprint density at radius 3 is 2.43 bits per heavy atom. The van der Waals surface area contributed by atoms with E-state index in [0.717, 1.165) is 42.5 Å². The number of nitrogens with zero attached hydrogens (tertiary/aromatic N) is 2. The summed E-state index contributed by atoms with van der Waals surface area (Å²) in [5.41, 5.74) is 1.00. The Balaban J connectivity index is 2.29. The van der Waals surface area contributed by atoms with Gasteiger partial charge in [0, 0.05) is 30.7 Å². The van der Waals surface area contributed by atoms with E-state index in [2.05, 4.69) is 50.2 Å². The van der Waals surface area contributed by atoms with Gasteiger partial charge in [0.2, 0.25) is 0 Å². The van der Waals surface area contributed by atoms with Crippen LogP contribution in [-0.4, -0.2) is 35.8 Å². The van der Waals surface area contributed by atoms with Crippen LogP contribution in [0, 0.1) is 6.92 Å². The molecule has 2 atom stereocenters. The molecule has 2 N–H and O–H groups in total. The van der Waals surface area contributed by atoms with Gasteiger partial charge in [-0.2, -0.15) is 0 Å². The average molecular weight is 292 g/mol. The van der Waals surface area contributed by atoms with Crippen LogP contribution in [0.25, 0.3) is 0 Å². The fraction of sp³-hybridized carbons (Fsp3) is 0.750. The predicted molar refractivity (Wildman–Crippen MR) is 87.1 cm³/mol. The first-order valence-electron chi connectivity index (χ1n) is 7.76. The number of nitrogens with one attached hydrogen (secondary N) is 2. The van der Waals surface area contributed by atoms with Crippen LogP contribution < -0.4 is 10.6 Å². The van der Waals surface area contributed by atoms with Gasteiger partial charge in [-0.25, -0.2) is 9.97 Å². The molecule has 1 aliphatic heterocycles. The summed E-state index contributed by atoms with van der Waals surface area (Å²) in [7, 11) is 1.90. The highest BCUT2D eigenvalue weighted by Crippen LogP contribution is 2.27. The molecule has 5 heteroatoms. The smallest absolute Gasteiger partial charge is 0.138 e. The molecule has 2 unspecified atom stereocenters. The van der Waals surface area contributed by atoms with Crippen molar-refractivity contribution in [2.45, 2.75) is 65.0 Å². The lowest BCUT2D eigenvalue weighted by Crippen LogP contribution is -2.33. The molecule has 1 aliphatic rings. The number of ether oxygens (including phenoxy) is 1. The van der Waals surface area contributed by atoms with Gasteiger partial charge < -0.3 is 15.4 Å². The molecule has 2 rings (SSSR count). The van der Waals surface area contributed by atoms with Crippen molar-refractivity contribution in [3.63, 3.8) is 0 Å². The lowest BCUT2D eigenvalue weighted by molar-refractivity contribution is 0.0231. The average Bonchev–Trinajstić information content (AvgIpc) is 2.40. The highest BCUT2D eigenvalue weighted by atomic mass is 16.5. The molecule has 0 saturated carbocycles. The summed E-state index contributed by atoms with van der Waals surface area (Å²) in [6, 6.07) is 0.417. The summed E-state index contributed by atoms with van der Waals surface area (Å²) in [6.07, 6.45) is 2.35. The van der Waals surface area contributed by atoms with Gasteiger partial charge in [0.1, 0.15) is 17.5 Å². The number of hydrogen-bond donors (Lipinski definition) is 2. The van der Waals surface area contributed by atoms with Crippen LogP contribution in [-0.2, 0) is 10.2 Å². The Morgan fingerprint density at radius 2 is 1.86 bits per heavy atom. The van der Waals surface area contributed by atoms with Crippen molar-refractivity contribution < 1.29 is 4.74 Å². The Bertz CT molecular complexity index is 496. The van der Waals surface area contributed by atoms with E-state index in [-0.39, 0.29) is 5.41 Å². The lowest BCUT2D eigenvalue weighted by atomic mass is 9.95. The SMILES string of the molecule is CNc1nc(C(C)(C)C)nc(NC2CCOC(C)C2)c1C. The van der Waals surface area contributed by atoms with Crippen LogP contribution in [0.15, 0.2) is 0 Å². The second-order valence-electron chi connectivity index (χ2n) is 6.92. The zero-order valence-electron chi connectivity index (χ0n) is 14.1. The molecule has 0 aliphatic carbocycles. The Labute approximate surface area is 127 Å². The van der Waals surface area contributed by atoms with Crippen molar-refractivity contribution in [1.82, 2.24) is 9.97 Å². The molecule has 1 saturated heterocycles. The van der Waals surface area contributed by atoms with Gasteiger partial charge in [0.15, 0.2) is 0 Å². The standard InChI is InChI=1S/C16H28N4O/c1-10-9-12(7-8-21-10)18-14-11(2)13(17-6)19-15(20-14)16(3,4)5/h10,12H,7-9H2,1-6H3,(H2,17,18,19,20). The summed E-state index contributed by atoms with van der Waals surface area (Å²) in [5.74, 6) is 2.70. The molecule has 0 aromatic carbocycles. The Morgan fingerprint density at radius 1 is 1.19 bits per heavy atom. The lowest BCUT2D eigenvalue weighted by Gasteiger charge is -2.29. The van der Waals surface area contributed by atoms with Crippen molar-refractivity contribution in [3.05, 3.63) is 11.4 Å². The molecule has 5 nitrogen and oxygen atoms in total. The van der Waals surface area contributed by atoms with E-state index in [1.807, 2.05) is 7.05 Å². The van der Waals surface area contributed by atoms with E-state index in [1.54, 1.807) is 0 Å². The van der Waals surface area contributed by atoms with E-state index < -0.39 is 0 Å². The summed E-state index contributed by atoms with van der Waals surface area (Å²) >= 11 is 0. The quantitative estimate of drug-likeness (QED) is 0.896. The third kappa shape index (κ3) is 3.84. The summed E-state index contributed by atoms with van der Waals surface area (Å²) < 4.78 is 5.61. The molecule has 0 bridgehead atoms. The highest BCUT2D eigenvalue weighted by Gasteiger charge is 2.24. The Hall–Kier alpha value is -1.36. The van der Waals surface area contributed by atoms with Crippen LogP contribution in [0.4, 0.5) is 11.6 Å². The second kappa shape index (κ2) is 6.18. The minimum Gasteiger partial charge on any atom is -0.378 e. The topological polar surface area (TPSA) is 59.1 Å². The van der Waals surface area contributed by atoms with Crippen LogP contribution >= 0.6 is 0 Å². The second-order valence-corrected chi connectivity index (χ2v) is 6.92. The molecule has 1 aromatic rings. The van der Waals surface area contributed by atoms with Crippen molar-refractivity contribution in [2.75, 3.05) is 24.3 Å². The molecule has 0 spiro atoms. The zero-order chi connectivity index (χ0) is 15.6. The van der Waals surface area contributed by atoms with Crippen molar-refractivity contribution in [2.24, 2.45) is 0 Å². The van der Waals surface area contributed by atoms with E-state index in [9.17, 15) is 0 Å². The minimum absolute atomic E-state index is 0.0707. The van der Waals surface area contributed by atoms with Gasteiger partial charge in [-0.1, -0.05) is 20.8 Å². The fourth-order valence-corrected chi connectivity index (χ4v) is 2.56. The number of rotatable bonds is 3. The summed E-state index contributed by atoms with van der Waals surface area (Å²) in [5, 5.41) is 6.77. The molecule has 1 aromatic heterocycles. The van der Waals surface area contributed by atoms with E-state index in [1.165, 1.54) is 0 Å². The predicted octanol–water partition coefficient (Wildman–Crippen LogP) is 3.10. The van der Waals surface area contributed by atoms with Crippen LogP contribution in [0.5, 0.6) is 0 Å². The molecular formula is C16H28N4O. The van der Waals surface area contributed by atoms with Crippen molar-refractivity contribution in [3.8, 4) is 0 Å². The first-order valence-corrected chi connectivity index (χ1v) is 7.76. The molecule has 1 fully saturated rings. The van der Waals surface area contributed by atoms with Crippen LogP contribution in [0.2, 0.25) is 0 Å². The van der Waals surface area contributed by atoms with Crippen molar-refractivity contribution in [1.29, 1.82) is 0 Å². The van der Waals surface area contributed by atoms with Gasteiger partial charge in [0.05, 0.1) is 6.10 Å². The summed E-state index contributed by atoms with van der Waals surface area (Å²) in [6.45, 7) is 11.4. The third-order valence-corrected chi connectivity index (χ3v) is 3.88. The molecular weight excluding hydrogens is 264 g/mol. The van der Waals surface area contributed by atoms with Gasteiger partial charge in [-0.3, -0.25) is 0 Å².